The van der Waals surface area contributed by atoms with Crippen LogP contribution < -0.4 is 10.1 Å². The van der Waals surface area contributed by atoms with E-state index in [1.807, 2.05) is 50.2 Å². The third-order valence-electron chi connectivity index (χ3n) is 4.42. The number of amides is 1. The lowest BCUT2D eigenvalue weighted by Crippen LogP contribution is -2.20. The molecule has 3 aromatic carbocycles. The molecule has 3 rings (SSSR count). The van der Waals surface area contributed by atoms with E-state index in [1.165, 1.54) is 0 Å². The van der Waals surface area contributed by atoms with Gasteiger partial charge in [0.05, 0.1) is 14.6 Å². The molecular weight excluding hydrogens is 567 g/mol. The van der Waals surface area contributed by atoms with Crippen LogP contribution in [0.4, 0.5) is 11.4 Å². The van der Waals surface area contributed by atoms with E-state index in [0.29, 0.717) is 30.4 Å². The second kappa shape index (κ2) is 10.6. The van der Waals surface area contributed by atoms with Gasteiger partial charge in [-0.25, -0.2) is 0 Å². The van der Waals surface area contributed by atoms with Crippen LogP contribution in [0.2, 0.25) is 10.0 Å². The van der Waals surface area contributed by atoms with E-state index in [1.54, 1.807) is 18.3 Å². The molecule has 4 nitrogen and oxygen atoms in total. The number of carbonyl (C=O) groups is 1. The van der Waals surface area contributed by atoms with Crippen LogP contribution in [0, 0.1) is 13.8 Å². The standard InChI is InChI=1S/C23H18Br2Cl2N2O2/c1-13-6-7-16(10-20(13)27)29-22(30)12-31-23-17(24)8-15(9-18(23)25)11-28-21-5-3-4-19(26)14(21)2/h3-11H,12H2,1-2H3,(H,29,30). The Morgan fingerprint density at radius 2 is 1.77 bits per heavy atom. The number of aryl methyl sites for hydroxylation is 1. The van der Waals surface area contributed by atoms with Crippen LogP contribution in [0.15, 0.2) is 62.5 Å². The van der Waals surface area contributed by atoms with E-state index in [0.717, 1.165) is 22.4 Å². The van der Waals surface area contributed by atoms with E-state index in [-0.39, 0.29) is 12.5 Å². The minimum atomic E-state index is -0.291. The quantitative estimate of drug-likeness (QED) is 0.299. The summed E-state index contributed by atoms with van der Waals surface area (Å²) in [5, 5.41) is 4.03. The maximum atomic E-state index is 12.2. The SMILES string of the molecule is Cc1ccc(NC(=O)COc2c(Br)cc(C=Nc3cccc(Cl)c3C)cc2Br)cc1Cl. The van der Waals surface area contributed by atoms with Crippen molar-refractivity contribution in [3.63, 3.8) is 0 Å². The summed E-state index contributed by atoms with van der Waals surface area (Å²) in [6.45, 7) is 3.67. The van der Waals surface area contributed by atoms with Crippen LogP contribution in [0.1, 0.15) is 16.7 Å². The molecule has 0 atom stereocenters. The van der Waals surface area contributed by atoms with Crippen molar-refractivity contribution >= 4 is 78.6 Å². The molecule has 0 aromatic heterocycles. The van der Waals surface area contributed by atoms with Crippen molar-refractivity contribution in [1.29, 1.82) is 0 Å². The van der Waals surface area contributed by atoms with Crippen LogP contribution in [-0.2, 0) is 4.79 Å². The summed E-state index contributed by atoms with van der Waals surface area (Å²) < 4.78 is 7.09. The number of ether oxygens (including phenoxy) is 1. The molecule has 0 heterocycles. The molecule has 1 amide bonds. The third-order valence-corrected chi connectivity index (χ3v) is 6.41. The summed E-state index contributed by atoms with van der Waals surface area (Å²) in [5.41, 5.74) is 4.12. The van der Waals surface area contributed by atoms with Crippen molar-refractivity contribution in [1.82, 2.24) is 0 Å². The summed E-state index contributed by atoms with van der Waals surface area (Å²) in [6, 6.07) is 14.7. The number of rotatable bonds is 6. The zero-order valence-electron chi connectivity index (χ0n) is 16.7. The highest BCUT2D eigenvalue weighted by Gasteiger charge is 2.12. The molecule has 31 heavy (non-hydrogen) atoms. The molecule has 0 radical (unpaired) electrons. The first-order valence-corrected chi connectivity index (χ1v) is 11.6. The van der Waals surface area contributed by atoms with Crippen LogP contribution in [0.3, 0.4) is 0 Å². The fraction of sp³-hybridized carbons (Fsp3) is 0.130. The van der Waals surface area contributed by atoms with Gasteiger partial charge in [-0.1, -0.05) is 35.3 Å². The monoisotopic (exact) mass is 582 g/mol. The largest absolute Gasteiger partial charge is 0.481 e. The molecule has 0 aliphatic rings. The zero-order chi connectivity index (χ0) is 22.5. The number of carbonyl (C=O) groups excluding carboxylic acids is 1. The molecule has 0 fully saturated rings. The highest BCUT2D eigenvalue weighted by Crippen LogP contribution is 2.35. The molecule has 3 aromatic rings. The first-order valence-electron chi connectivity index (χ1n) is 9.21. The highest BCUT2D eigenvalue weighted by molar-refractivity contribution is 9.11. The van der Waals surface area contributed by atoms with E-state index < -0.39 is 0 Å². The number of halogens is 4. The number of anilines is 1. The van der Waals surface area contributed by atoms with Gasteiger partial charge in [-0.15, -0.1) is 0 Å². The molecule has 0 saturated carbocycles. The minimum Gasteiger partial charge on any atom is -0.481 e. The Labute approximate surface area is 207 Å². The molecular formula is C23H18Br2Cl2N2O2. The predicted molar refractivity (Wildman–Crippen MR) is 136 cm³/mol. The summed E-state index contributed by atoms with van der Waals surface area (Å²) in [5.74, 6) is 0.231. The van der Waals surface area contributed by atoms with Crippen molar-refractivity contribution < 1.29 is 9.53 Å². The lowest BCUT2D eigenvalue weighted by Gasteiger charge is -2.12. The van der Waals surface area contributed by atoms with E-state index in [9.17, 15) is 4.79 Å². The molecule has 0 aliphatic heterocycles. The number of benzene rings is 3. The second-order valence-corrected chi connectivity index (χ2v) is 9.28. The van der Waals surface area contributed by atoms with E-state index >= 15 is 0 Å². The molecule has 1 N–H and O–H groups in total. The zero-order valence-corrected chi connectivity index (χ0v) is 21.4. The Hall–Kier alpha value is -1.86. The third kappa shape index (κ3) is 6.32. The lowest BCUT2D eigenvalue weighted by molar-refractivity contribution is -0.118. The van der Waals surface area contributed by atoms with Crippen molar-refractivity contribution in [2.75, 3.05) is 11.9 Å². The average molecular weight is 585 g/mol. The summed E-state index contributed by atoms with van der Waals surface area (Å²) >= 11 is 19.2. The van der Waals surface area contributed by atoms with Gasteiger partial charge >= 0.3 is 0 Å². The number of nitrogens with one attached hydrogen (secondary N) is 1. The minimum absolute atomic E-state index is 0.155. The van der Waals surface area contributed by atoms with Gasteiger partial charge < -0.3 is 10.1 Å². The fourth-order valence-electron chi connectivity index (χ4n) is 2.68. The Morgan fingerprint density at radius 3 is 2.45 bits per heavy atom. The van der Waals surface area contributed by atoms with Crippen LogP contribution >= 0.6 is 55.1 Å². The summed E-state index contributed by atoms with van der Waals surface area (Å²) in [7, 11) is 0. The van der Waals surface area contributed by atoms with Gasteiger partial charge in [0.15, 0.2) is 6.61 Å². The molecule has 0 bridgehead atoms. The van der Waals surface area contributed by atoms with Crippen LogP contribution in [0.5, 0.6) is 5.75 Å². The van der Waals surface area contributed by atoms with E-state index in [4.69, 9.17) is 27.9 Å². The van der Waals surface area contributed by atoms with Gasteiger partial charge in [0.25, 0.3) is 5.91 Å². The number of aliphatic imine (C=N–C) groups is 1. The highest BCUT2D eigenvalue weighted by atomic mass is 79.9. The van der Waals surface area contributed by atoms with Gasteiger partial charge in [0, 0.05) is 21.9 Å². The molecule has 0 aliphatic carbocycles. The number of nitrogens with zero attached hydrogens (tertiary/aromatic N) is 1. The molecule has 0 spiro atoms. The topological polar surface area (TPSA) is 50.7 Å². The fourth-order valence-corrected chi connectivity index (χ4v) is 4.48. The van der Waals surface area contributed by atoms with E-state index in [2.05, 4.69) is 42.2 Å². The first kappa shape index (κ1) is 23.8. The first-order chi connectivity index (χ1) is 14.7. The summed E-state index contributed by atoms with van der Waals surface area (Å²) in [4.78, 5) is 16.8. The number of hydrogen-bond donors (Lipinski definition) is 1. The predicted octanol–water partition coefficient (Wildman–Crippen LogP) is 7.90. The van der Waals surface area contributed by atoms with Gasteiger partial charge in [-0.2, -0.15) is 0 Å². The van der Waals surface area contributed by atoms with Gasteiger partial charge in [-0.3, -0.25) is 9.79 Å². The maximum Gasteiger partial charge on any atom is 0.262 e. The maximum absolute atomic E-state index is 12.2. The number of hydrogen-bond acceptors (Lipinski definition) is 3. The van der Waals surface area contributed by atoms with Crippen LogP contribution in [-0.4, -0.2) is 18.7 Å². The molecule has 8 heteroatoms. The van der Waals surface area contributed by atoms with Crippen molar-refractivity contribution in [3.8, 4) is 5.75 Å². The molecule has 0 saturated heterocycles. The molecule has 160 valence electrons. The second-order valence-electron chi connectivity index (χ2n) is 6.76. The smallest absolute Gasteiger partial charge is 0.262 e. The van der Waals surface area contributed by atoms with Crippen molar-refractivity contribution in [3.05, 3.63) is 84.2 Å². The summed E-state index contributed by atoms with van der Waals surface area (Å²) in [6.07, 6.45) is 1.74. The average Bonchev–Trinajstić information content (AvgIpc) is 2.71. The van der Waals surface area contributed by atoms with Gasteiger partial charge in [-0.05, 0) is 98.8 Å². The van der Waals surface area contributed by atoms with Crippen LogP contribution in [0.25, 0.3) is 0 Å². The van der Waals surface area contributed by atoms with Gasteiger partial charge in [0.1, 0.15) is 5.75 Å². The Balaban J connectivity index is 1.67. The Bertz CT molecular complexity index is 1140. The van der Waals surface area contributed by atoms with Gasteiger partial charge in [0.2, 0.25) is 0 Å². The lowest BCUT2D eigenvalue weighted by atomic mass is 10.2. The van der Waals surface area contributed by atoms with Crippen molar-refractivity contribution in [2.24, 2.45) is 4.99 Å². The molecule has 0 unspecified atom stereocenters. The normalized spacial score (nSPS) is 11.0. The Kier molecular flexibility index (Phi) is 8.17. The Morgan fingerprint density at radius 1 is 1.06 bits per heavy atom. The van der Waals surface area contributed by atoms with Crippen molar-refractivity contribution in [2.45, 2.75) is 13.8 Å².